The number of hydrogen-bond acceptors (Lipinski definition) is 7. The summed E-state index contributed by atoms with van der Waals surface area (Å²) in [5.41, 5.74) is 1.47. The molecule has 38 heavy (non-hydrogen) atoms. The van der Waals surface area contributed by atoms with Crippen LogP contribution in [0.2, 0.25) is 0 Å². The molecule has 0 unspecified atom stereocenters. The summed E-state index contributed by atoms with van der Waals surface area (Å²) >= 11 is 0. The third-order valence-corrected chi connectivity index (χ3v) is 7.06. The van der Waals surface area contributed by atoms with E-state index in [1.54, 1.807) is 12.1 Å². The Kier molecular flexibility index (Phi) is 8.32. The fourth-order valence-electron chi connectivity index (χ4n) is 4.55. The van der Waals surface area contributed by atoms with E-state index < -0.39 is 17.6 Å². The van der Waals surface area contributed by atoms with Gasteiger partial charge in [0.25, 0.3) is 5.91 Å². The molecule has 2 aliphatic rings. The highest BCUT2D eigenvalue weighted by Crippen LogP contribution is 2.35. The first kappa shape index (κ1) is 27.5. The van der Waals surface area contributed by atoms with Gasteiger partial charge in [-0.05, 0) is 55.1 Å². The number of phenolic OH excluding ortho intramolecular Hbond substituents is 1. The molecule has 9 nitrogen and oxygen atoms in total. The number of likely N-dealkylation sites (N-methyl/N-ethyl adjacent to an activating group) is 1. The predicted octanol–water partition coefficient (Wildman–Crippen LogP) is 3.50. The number of carbonyl (C=O) groups excluding carboxylic acids is 1. The van der Waals surface area contributed by atoms with Gasteiger partial charge in [-0.25, -0.2) is 4.39 Å². The highest BCUT2D eigenvalue weighted by molar-refractivity contribution is 6.48. The van der Waals surface area contributed by atoms with Gasteiger partial charge in [0.05, 0.1) is 18.4 Å². The molecule has 2 aromatic rings. The first-order valence-electron chi connectivity index (χ1n) is 13.0. The molecule has 1 saturated carbocycles. The maximum atomic E-state index is 15.6. The number of rotatable bonds is 7. The largest absolute Gasteiger partial charge is 0.507 e. The summed E-state index contributed by atoms with van der Waals surface area (Å²) in [6.45, 7) is 8.15. The van der Waals surface area contributed by atoms with E-state index in [1.807, 2.05) is 13.8 Å². The molecule has 10 heteroatoms. The van der Waals surface area contributed by atoms with Gasteiger partial charge in [0.2, 0.25) is 0 Å². The second-order valence-electron chi connectivity index (χ2n) is 10.4. The van der Waals surface area contributed by atoms with Gasteiger partial charge in [0.15, 0.2) is 5.84 Å². The lowest BCUT2D eigenvalue weighted by atomic mass is 9.97. The summed E-state index contributed by atoms with van der Waals surface area (Å²) in [6.07, 6.45) is 1.64. The predicted molar refractivity (Wildman–Crippen MR) is 146 cm³/mol. The van der Waals surface area contributed by atoms with Crippen LogP contribution in [0.3, 0.4) is 0 Å². The molecule has 1 saturated heterocycles. The van der Waals surface area contributed by atoms with Crippen molar-refractivity contribution in [1.29, 1.82) is 10.8 Å². The molecule has 4 rings (SSSR count). The normalized spacial score (nSPS) is 16.4. The molecule has 1 heterocycles. The van der Waals surface area contributed by atoms with Crippen LogP contribution >= 0.6 is 0 Å². The first-order chi connectivity index (χ1) is 18.1. The summed E-state index contributed by atoms with van der Waals surface area (Å²) < 4.78 is 21.0. The molecule has 1 amide bonds. The van der Waals surface area contributed by atoms with Crippen LogP contribution in [0.25, 0.3) is 0 Å². The number of ether oxygens (including phenoxy) is 1. The van der Waals surface area contributed by atoms with Gasteiger partial charge in [0, 0.05) is 44.8 Å². The van der Waals surface area contributed by atoms with Crippen molar-refractivity contribution in [1.82, 2.24) is 15.1 Å². The number of anilines is 1. The van der Waals surface area contributed by atoms with Crippen molar-refractivity contribution in [3.8, 4) is 11.5 Å². The van der Waals surface area contributed by atoms with Crippen LogP contribution in [0.5, 0.6) is 11.5 Å². The Morgan fingerprint density at radius 1 is 1.18 bits per heavy atom. The molecule has 1 aliphatic carbocycles. The number of phenols is 1. The zero-order valence-electron chi connectivity index (χ0n) is 22.5. The number of piperazine rings is 1. The van der Waals surface area contributed by atoms with Gasteiger partial charge in [-0.1, -0.05) is 19.9 Å². The number of hydrogen-bond donors (Lipinski definition) is 4. The Morgan fingerprint density at radius 3 is 2.45 bits per heavy atom. The molecular formula is C28H37FN6O3. The first-order valence-corrected chi connectivity index (χ1v) is 13.0. The van der Waals surface area contributed by atoms with Crippen LogP contribution in [0.4, 0.5) is 10.1 Å². The van der Waals surface area contributed by atoms with E-state index in [9.17, 15) is 9.90 Å². The van der Waals surface area contributed by atoms with Gasteiger partial charge < -0.3 is 20.1 Å². The maximum absolute atomic E-state index is 15.6. The zero-order chi connectivity index (χ0) is 27.6. The van der Waals surface area contributed by atoms with Crippen LogP contribution in [0.15, 0.2) is 30.3 Å². The summed E-state index contributed by atoms with van der Waals surface area (Å²) in [5.74, 6) is -2.11. The quantitative estimate of drug-likeness (QED) is 0.326. The number of nitrogens with zero attached hydrogens (tertiary/aromatic N) is 3. The second kappa shape index (κ2) is 11.5. The number of nitrogens with one attached hydrogen (secondary N) is 3. The lowest BCUT2D eigenvalue weighted by molar-refractivity contribution is -0.115. The number of aromatic hydroxyl groups is 1. The average Bonchev–Trinajstić information content (AvgIpc) is 3.70. The van der Waals surface area contributed by atoms with E-state index in [4.69, 9.17) is 15.6 Å². The van der Waals surface area contributed by atoms with Crippen molar-refractivity contribution in [2.24, 2.45) is 0 Å². The van der Waals surface area contributed by atoms with Gasteiger partial charge in [0.1, 0.15) is 23.2 Å². The molecule has 204 valence electrons. The van der Waals surface area contributed by atoms with Gasteiger partial charge >= 0.3 is 0 Å². The molecule has 0 atom stereocenters. The van der Waals surface area contributed by atoms with Crippen molar-refractivity contribution >= 4 is 23.3 Å². The molecule has 1 aliphatic heterocycles. The minimum atomic E-state index is -0.699. The van der Waals surface area contributed by atoms with Crippen molar-refractivity contribution in [3.05, 3.63) is 52.8 Å². The topological polar surface area (TPSA) is 116 Å². The van der Waals surface area contributed by atoms with Crippen LogP contribution < -0.4 is 15.0 Å². The molecule has 0 spiro atoms. The third-order valence-electron chi connectivity index (χ3n) is 7.06. The van der Waals surface area contributed by atoms with E-state index in [0.29, 0.717) is 12.3 Å². The number of halogens is 1. The lowest BCUT2D eigenvalue weighted by Gasteiger charge is -2.32. The Balaban J connectivity index is 1.69. The lowest BCUT2D eigenvalue weighted by Crippen LogP contribution is -2.47. The van der Waals surface area contributed by atoms with Gasteiger partial charge in [-0.3, -0.25) is 25.4 Å². The van der Waals surface area contributed by atoms with E-state index in [2.05, 4.69) is 22.2 Å². The Labute approximate surface area is 223 Å². The number of amidine groups is 2. The number of carbonyl (C=O) groups is 1. The van der Waals surface area contributed by atoms with E-state index in [0.717, 1.165) is 55.0 Å². The SMILES string of the molecule is COc1cc(O)c(C(=N)N(C(=N)C(=O)NC2CC2)c2ccc(CN3CCN(C)CC3)cc2F)cc1C(C)C. The Bertz CT molecular complexity index is 1220. The summed E-state index contributed by atoms with van der Waals surface area (Å²) in [4.78, 5) is 18.3. The minimum absolute atomic E-state index is 0.00811. The average molecular weight is 525 g/mol. The van der Waals surface area contributed by atoms with Crippen LogP contribution in [0, 0.1) is 16.6 Å². The summed E-state index contributed by atoms with van der Waals surface area (Å²) in [6, 6.07) is 7.64. The Morgan fingerprint density at radius 2 is 1.87 bits per heavy atom. The van der Waals surface area contributed by atoms with Crippen molar-refractivity contribution in [2.45, 2.75) is 45.2 Å². The van der Waals surface area contributed by atoms with Crippen LogP contribution in [-0.2, 0) is 11.3 Å². The van der Waals surface area contributed by atoms with Crippen molar-refractivity contribution in [3.63, 3.8) is 0 Å². The zero-order valence-corrected chi connectivity index (χ0v) is 22.5. The molecule has 2 aromatic carbocycles. The highest BCUT2D eigenvalue weighted by Gasteiger charge is 2.32. The summed E-state index contributed by atoms with van der Waals surface area (Å²) in [5, 5.41) is 31.1. The second-order valence-corrected chi connectivity index (χ2v) is 10.4. The van der Waals surface area contributed by atoms with Crippen molar-refractivity contribution in [2.75, 3.05) is 45.2 Å². The number of benzene rings is 2. The molecule has 0 bridgehead atoms. The van der Waals surface area contributed by atoms with E-state index >= 15 is 4.39 Å². The fraction of sp³-hybridized carbons (Fsp3) is 0.464. The molecule has 0 radical (unpaired) electrons. The Hall–Kier alpha value is -3.50. The number of amides is 1. The maximum Gasteiger partial charge on any atom is 0.287 e. The number of methoxy groups -OCH3 is 1. The minimum Gasteiger partial charge on any atom is -0.507 e. The van der Waals surface area contributed by atoms with Crippen molar-refractivity contribution < 1.29 is 19.0 Å². The molecule has 2 fully saturated rings. The van der Waals surface area contributed by atoms with Crippen LogP contribution in [0.1, 0.15) is 49.3 Å². The highest BCUT2D eigenvalue weighted by atomic mass is 19.1. The smallest absolute Gasteiger partial charge is 0.287 e. The molecule has 0 aromatic heterocycles. The standard InChI is InChI=1S/C28H37FN6O3/c1-17(2)20-14-21(24(36)15-25(20)38-4)26(30)35(27(31)28(37)32-19-6-7-19)23-8-5-18(13-22(23)29)16-34-11-9-33(3)10-12-34/h5,8,13-15,17,19,30-31,36H,6-7,9-12,16H2,1-4H3,(H,32,37). The molecular weight excluding hydrogens is 487 g/mol. The van der Waals surface area contributed by atoms with E-state index in [-0.39, 0.29) is 34.8 Å². The summed E-state index contributed by atoms with van der Waals surface area (Å²) in [7, 11) is 3.57. The van der Waals surface area contributed by atoms with Gasteiger partial charge in [-0.2, -0.15) is 0 Å². The molecule has 4 N–H and O–H groups in total. The van der Waals surface area contributed by atoms with Crippen LogP contribution in [-0.4, -0.2) is 78.9 Å². The van der Waals surface area contributed by atoms with E-state index in [1.165, 1.54) is 25.3 Å². The fourth-order valence-corrected chi connectivity index (χ4v) is 4.55. The third kappa shape index (κ3) is 6.14. The monoisotopic (exact) mass is 524 g/mol. The van der Waals surface area contributed by atoms with Gasteiger partial charge in [-0.15, -0.1) is 0 Å².